The van der Waals surface area contributed by atoms with E-state index in [2.05, 4.69) is 10.6 Å². The van der Waals surface area contributed by atoms with E-state index in [0.717, 1.165) is 18.7 Å². The second-order valence-electron chi connectivity index (χ2n) is 5.46. The Bertz CT molecular complexity index is 402. The van der Waals surface area contributed by atoms with E-state index in [1.54, 1.807) is 0 Å². The van der Waals surface area contributed by atoms with E-state index in [1.165, 1.54) is 25.9 Å². The third-order valence-corrected chi connectivity index (χ3v) is 4.15. The van der Waals surface area contributed by atoms with Crippen LogP contribution in [0.15, 0.2) is 30.3 Å². The van der Waals surface area contributed by atoms with E-state index in [0.29, 0.717) is 12.8 Å². The Hall–Kier alpha value is -1.39. The molecule has 4 heteroatoms. The molecule has 110 valence electrons. The summed E-state index contributed by atoms with van der Waals surface area (Å²) in [6, 6.07) is 9.56. The summed E-state index contributed by atoms with van der Waals surface area (Å²) in [6.45, 7) is 4.06. The van der Waals surface area contributed by atoms with Crippen molar-refractivity contribution in [3.63, 3.8) is 0 Å². The number of nitrogens with one attached hydrogen (secondary N) is 2. The van der Waals surface area contributed by atoms with Crippen LogP contribution in [0.25, 0.3) is 0 Å². The number of carbonyl (C=O) groups is 1. The van der Waals surface area contributed by atoms with Crippen LogP contribution >= 0.6 is 0 Å². The molecular weight excluding hydrogens is 252 g/mol. The molecule has 2 fully saturated rings. The van der Waals surface area contributed by atoms with E-state index >= 15 is 0 Å². The van der Waals surface area contributed by atoms with Gasteiger partial charge in [0, 0.05) is 0 Å². The monoisotopic (exact) mass is 276 g/mol. The molecule has 0 spiro atoms. The van der Waals surface area contributed by atoms with Gasteiger partial charge in [0.25, 0.3) is 0 Å². The van der Waals surface area contributed by atoms with Gasteiger partial charge in [-0.1, -0.05) is 30.3 Å². The Balaban J connectivity index is 0.000000247. The van der Waals surface area contributed by atoms with Crippen molar-refractivity contribution < 1.29 is 9.90 Å². The summed E-state index contributed by atoms with van der Waals surface area (Å²) >= 11 is 0. The molecular formula is C16H24N2O2. The minimum Gasteiger partial charge on any atom is -0.481 e. The maximum Gasteiger partial charge on any atom is 0.314 e. The Morgan fingerprint density at radius 1 is 0.950 bits per heavy atom. The minimum absolute atomic E-state index is 0.673. The van der Waals surface area contributed by atoms with Crippen LogP contribution in [0.3, 0.4) is 0 Å². The van der Waals surface area contributed by atoms with Crippen molar-refractivity contribution in [3.8, 4) is 0 Å². The number of hydrogen-bond donors (Lipinski definition) is 3. The summed E-state index contributed by atoms with van der Waals surface area (Å²) in [7, 11) is 0. The van der Waals surface area contributed by atoms with Crippen LogP contribution in [0, 0.1) is 0 Å². The number of carboxylic acid groups (broad SMARTS) is 1. The van der Waals surface area contributed by atoms with Crippen molar-refractivity contribution in [2.45, 2.75) is 31.1 Å². The van der Waals surface area contributed by atoms with Crippen LogP contribution in [-0.4, -0.2) is 37.3 Å². The lowest BCUT2D eigenvalue weighted by Gasteiger charge is -2.34. The quantitative estimate of drug-likeness (QED) is 0.770. The predicted octanol–water partition coefficient (Wildman–Crippen LogP) is 1.76. The van der Waals surface area contributed by atoms with E-state index < -0.39 is 11.4 Å². The molecule has 0 bridgehead atoms. The first-order valence-corrected chi connectivity index (χ1v) is 7.46. The number of rotatable bonds is 2. The second kappa shape index (κ2) is 7.41. The zero-order valence-corrected chi connectivity index (χ0v) is 11.9. The first-order valence-electron chi connectivity index (χ1n) is 7.46. The molecule has 1 aromatic carbocycles. The molecule has 0 amide bonds. The average Bonchev–Trinajstić information content (AvgIpc) is 3.08. The van der Waals surface area contributed by atoms with Gasteiger partial charge in [-0.25, -0.2) is 0 Å². The predicted molar refractivity (Wildman–Crippen MR) is 80.0 cm³/mol. The molecule has 20 heavy (non-hydrogen) atoms. The standard InChI is InChI=1S/C12H15NO2.C4H9N/c14-11(15)12(6-8-13-9-7-12)10-4-2-1-3-5-10;1-2-4-5-3-1/h1-5,13H,6-9H2,(H,14,15);5H,1-4H2. The summed E-state index contributed by atoms with van der Waals surface area (Å²) in [5.74, 6) is -0.699. The van der Waals surface area contributed by atoms with Gasteiger partial charge in [0.15, 0.2) is 0 Å². The molecule has 0 atom stereocenters. The fourth-order valence-corrected chi connectivity index (χ4v) is 2.86. The lowest BCUT2D eigenvalue weighted by Crippen LogP contribution is -2.45. The van der Waals surface area contributed by atoms with Crippen LogP contribution in [0.2, 0.25) is 0 Å². The Kier molecular flexibility index (Phi) is 5.56. The van der Waals surface area contributed by atoms with Crippen LogP contribution in [0.4, 0.5) is 0 Å². The van der Waals surface area contributed by atoms with Gasteiger partial charge in [-0.2, -0.15) is 0 Å². The SMILES string of the molecule is C1CCNC1.O=C(O)C1(c2ccccc2)CCNCC1. The van der Waals surface area contributed by atoms with Gasteiger partial charge in [0.05, 0.1) is 5.41 Å². The smallest absolute Gasteiger partial charge is 0.314 e. The van der Waals surface area contributed by atoms with Crippen LogP contribution in [0.5, 0.6) is 0 Å². The summed E-state index contributed by atoms with van der Waals surface area (Å²) in [6.07, 6.45) is 4.12. The highest BCUT2D eigenvalue weighted by atomic mass is 16.4. The lowest BCUT2D eigenvalue weighted by molar-refractivity contribution is -0.145. The summed E-state index contributed by atoms with van der Waals surface area (Å²) in [5.41, 5.74) is 0.256. The summed E-state index contributed by atoms with van der Waals surface area (Å²) in [4.78, 5) is 11.4. The van der Waals surface area contributed by atoms with Gasteiger partial charge in [-0.05, 0) is 57.4 Å². The molecule has 2 saturated heterocycles. The molecule has 4 nitrogen and oxygen atoms in total. The maximum absolute atomic E-state index is 11.4. The normalized spacial score (nSPS) is 20.8. The molecule has 0 aromatic heterocycles. The second-order valence-corrected chi connectivity index (χ2v) is 5.46. The van der Waals surface area contributed by atoms with Crippen molar-refractivity contribution in [3.05, 3.63) is 35.9 Å². The Morgan fingerprint density at radius 2 is 1.50 bits per heavy atom. The zero-order valence-electron chi connectivity index (χ0n) is 11.9. The fourth-order valence-electron chi connectivity index (χ4n) is 2.86. The fraction of sp³-hybridized carbons (Fsp3) is 0.562. The van der Waals surface area contributed by atoms with E-state index in [4.69, 9.17) is 0 Å². The van der Waals surface area contributed by atoms with Crippen LogP contribution in [-0.2, 0) is 10.2 Å². The third kappa shape index (κ3) is 3.58. The van der Waals surface area contributed by atoms with Gasteiger partial charge >= 0.3 is 5.97 Å². The Labute approximate surface area is 120 Å². The number of benzene rings is 1. The first-order chi connectivity index (χ1) is 9.76. The highest BCUT2D eigenvalue weighted by Gasteiger charge is 2.40. The molecule has 0 radical (unpaired) electrons. The highest BCUT2D eigenvalue weighted by Crippen LogP contribution is 2.33. The van der Waals surface area contributed by atoms with Crippen LogP contribution in [0.1, 0.15) is 31.2 Å². The minimum atomic E-state index is -0.699. The third-order valence-electron chi connectivity index (χ3n) is 4.15. The van der Waals surface area contributed by atoms with Crippen molar-refractivity contribution in [2.24, 2.45) is 0 Å². The van der Waals surface area contributed by atoms with Gasteiger partial charge in [0.1, 0.15) is 0 Å². The summed E-state index contributed by atoms with van der Waals surface area (Å²) in [5, 5.41) is 15.8. The van der Waals surface area contributed by atoms with Crippen molar-refractivity contribution in [2.75, 3.05) is 26.2 Å². The zero-order chi connectivity index (χ0) is 14.3. The van der Waals surface area contributed by atoms with Gasteiger partial charge in [-0.15, -0.1) is 0 Å². The summed E-state index contributed by atoms with van der Waals surface area (Å²) < 4.78 is 0. The lowest BCUT2D eigenvalue weighted by atomic mass is 9.73. The molecule has 0 unspecified atom stereocenters. The molecule has 2 aliphatic rings. The van der Waals surface area contributed by atoms with Crippen molar-refractivity contribution in [1.82, 2.24) is 10.6 Å². The molecule has 1 aromatic rings. The number of piperidine rings is 1. The average molecular weight is 276 g/mol. The van der Waals surface area contributed by atoms with Crippen molar-refractivity contribution >= 4 is 5.97 Å². The first kappa shape index (κ1) is 15.0. The van der Waals surface area contributed by atoms with E-state index in [9.17, 15) is 9.90 Å². The number of hydrogen-bond acceptors (Lipinski definition) is 3. The Morgan fingerprint density at radius 3 is 1.95 bits per heavy atom. The largest absolute Gasteiger partial charge is 0.481 e. The molecule has 3 N–H and O–H groups in total. The van der Waals surface area contributed by atoms with E-state index in [1.807, 2.05) is 30.3 Å². The van der Waals surface area contributed by atoms with Crippen molar-refractivity contribution in [1.29, 1.82) is 0 Å². The van der Waals surface area contributed by atoms with Gasteiger partial charge < -0.3 is 15.7 Å². The molecule has 0 aliphatic carbocycles. The molecule has 0 saturated carbocycles. The van der Waals surface area contributed by atoms with E-state index in [-0.39, 0.29) is 0 Å². The highest BCUT2D eigenvalue weighted by molar-refractivity contribution is 5.81. The topological polar surface area (TPSA) is 61.4 Å². The number of aliphatic carboxylic acids is 1. The van der Waals surface area contributed by atoms with Crippen LogP contribution < -0.4 is 10.6 Å². The maximum atomic E-state index is 11.4. The molecule has 3 rings (SSSR count). The van der Waals surface area contributed by atoms with Gasteiger partial charge in [-0.3, -0.25) is 4.79 Å². The molecule has 2 aliphatic heterocycles. The van der Waals surface area contributed by atoms with Gasteiger partial charge in [0.2, 0.25) is 0 Å². The number of carboxylic acids is 1. The molecule has 2 heterocycles.